The van der Waals surface area contributed by atoms with Gasteiger partial charge in [0.05, 0.1) is 17.0 Å². The van der Waals surface area contributed by atoms with Crippen LogP contribution in [0.4, 0.5) is 5.69 Å². The molecule has 0 saturated heterocycles. The average molecular weight is 458 g/mol. The Hall–Kier alpha value is -4.84. The Morgan fingerprint density at radius 2 is 1.40 bits per heavy atom. The Morgan fingerprint density at radius 1 is 0.743 bits per heavy atom. The second-order valence-corrected chi connectivity index (χ2v) is 8.36. The molecule has 1 amide bonds. The van der Waals surface area contributed by atoms with Crippen molar-refractivity contribution in [3.05, 3.63) is 119 Å². The highest BCUT2D eigenvalue weighted by Gasteiger charge is 2.30. The SMILES string of the molecule is CC1=NN(c2ccccc2)C(=O)/C1=C\c1ccc(-c2ccc3c(c2)C(=O)c2ccccc2C3=O)o1. The van der Waals surface area contributed by atoms with Gasteiger partial charge in [0.1, 0.15) is 11.5 Å². The zero-order valence-corrected chi connectivity index (χ0v) is 18.7. The average Bonchev–Trinajstić information content (AvgIpc) is 3.48. The van der Waals surface area contributed by atoms with E-state index < -0.39 is 0 Å². The van der Waals surface area contributed by atoms with E-state index in [0.717, 1.165) is 0 Å². The minimum absolute atomic E-state index is 0.163. The number of hydrogen-bond acceptors (Lipinski definition) is 5. The Kier molecular flexibility index (Phi) is 4.67. The lowest BCUT2D eigenvalue weighted by atomic mass is 9.83. The van der Waals surface area contributed by atoms with Crippen molar-refractivity contribution in [1.29, 1.82) is 0 Å². The minimum atomic E-state index is -0.233. The normalized spacial score (nSPS) is 15.9. The molecule has 0 N–H and O–H groups in total. The van der Waals surface area contributed by atoms with E-state index in [9.17, 15) is 14.4 Å². The second-order valence-electron chi connectivity index (χ2n) is 8.36. The number of ketones is 2. The van der Waals surface area contributed by atoms with Crippen molar-refractivity contribution in [2.75, 3.05) is 5.01 Å². The van der Waals surface area contributed by atoms with Crippen molar-refractivity contribution in [2.24, 2.45) is 5.10 Å². The smallest absolute Gasteiger partial charge is 0.280 e. The molecule has 6 rings (SSSR count). The van der Waals surface area contributed by atoms with Crippen molar-refractivity contribution in [2.45, 2.75) is 6.92 Å². The molecule has 35 heavy (non-hydrogen) atoms. The van der Waals surface area contributed by atoms with Crippen molar-refractivity contribution < 1.29 is 18.8 Å². The number of amides is 1. The molecule has 6 heteroatoms. The fourth-order valence-corrected chi connectivity index (χ4v) is 4.41. The van der Waals surface area contributed by atoms with Gasteiger partial charge in [-0.2, -0.15) is 10.1 Å². The highest BCUT2D eigenvalue weighted by molar-refractivity contribution is 6.32. The maximum Gasteiger partial charge on any atom is 0.280 e. The van der Waals surface area contributed by atoms with Crippen LogP contribution in [-0.4, -0.2) is 23.2 Å². The van der Waals surface area contributed by atoms with Gasteiger partial charge in [0.25, 0.3) is 5.91 Å². The van der Waals surface area contributed by atoms with Gasteiger partial charge in [0.15, 0.2) is 11.6 Å². The number of carbonyl (C=O) groups is 3. The molecule has 1 aliphatic carbocycles. The molecule has 0 saturated carbocycles. The number of furan rings is 1. The van der Waals surface area contributed by atoms with E-state index >= 15 is 0 Å². The maximum absolute atomic E-state index is 13.0. The summed E-state index contributed by atoms with van der Waals surface area (Å²) in [6.07, 6.45) is 1.66. The first-order chi connectivity index (χ1) is 17.0. The lowest BCUT2D eigenvalue weighted by molar-refractivity contribution is -0.114. The first-order valence-corrected chi connectivity index (χ1v) is 11.1. The molecular weight excluding hydrogens is 440 g/mol. The van der Waals surface area contributed by atoms with Crippen LogP contribution in [0, 0.1) is 0 Å². The van der Waals surface area contributed by atoms with Gasteiger partial charge < -0.3 is 4.42 Å². The van der Waals surface area contributed by atoms with Crippen LogP contribution in [-0.2, 0) is 4.79 Å². The quantitative estimate of drug-likeness (QED) is 0.333. The Labute approximate surface area is 200 Å². The molecule has 1 aliphatic heterocycles. The van der Waals surface area contributed by atoms with Gasteiger partial charge in [-0.15, -0.1) is 0 Å². The van der Waals surface area contributed by atoms with E-state index in [1.807, 2.05) is 30.3 Å². The van der Waals surface area contributed by atoms with Crippen molar-refractivity contribution in [3.63, 3.8) is 0 Å². The van der Waals surface area contributed by atoms with Crippen LogP contribution >= 0.6 is 0 Å². The number of carbonyl (C=O) groups excluding carboxylic acids is 3. The molecule has 0 atom stereocenters. The third-order valence-electron chi connectivity index (χ3n) is 6.19. The fourth-order valence-electron chi connectivity index (χ4n) is 4.41. The van der Waals surface area contributed by atoms with Crippen LogP contribution in [0.25, 0.3) is 17.4 Å². The van der Waals surface area contributed by atoms with Gasteiger partial charge >= 0.3 is 0 Å². The van der Waals surface area contributed by atoms with Gasteiger partial charge in [0.2, 0.25) is 0 Å². The third kappa shape index (κ3) is 3.35. The van der Waals surface area contributed by atoms with E-state index in [1.54, 1.807) is 67.6 Å². The Bertz CT molecular complexity index is 1610. The van der Waals surface area contributed by atoms with E-state index in [1.165, 1.54) is 5.01 Å². The molecule has 168 valence electrons. The molecule has 0 fully saturated rings. The highest BCUT2D eigenvalue weighted by Crippen LogP contribution is 2.32. The highest BCUT2D eigenvalue weighted by atomic mass is 16.3. The molecule has 1 aromatic heterocycles. The zero-order chi connectivity index (χ0) is 24.1. The van der Waals surface area contributed by atoms with Crippen LogP contribution < -0.4 is 5.01 Å². The Morgan fingerprint density at radius 3 is 2.14 bits per heavy atom. The van der Waals surface area contributed by atoms with Crippen molar-refractivity contribution in [1.82, 2.24) is 0 Å². The number of benzene rings is 3. The molecule has 0 spiro atoms. The monoisotopic (exact) mass is 458 g/mol. The van der Waals surface area contributed by atoms with Gasteiger partial charge in [-0.25, -0.2) is 0 Å². The van der Waals surface area contributed by atoms with Crippen molar-refractivity contribution in [3.8, 4) is 11.3 Å². The molecule has 2 heterocycles. The number of anilines is 1. The van der Waals surface area contributed by atoms with Gasteiger partial charge in [0, 0.05) is 27.8 Å². The molecule has 2 aliphatic rings. The number of fused-ring (bicyclic) bond motifs is 2. The summed E-state index contributed by atoms with van der Waals surface area (Å²) >= 11 is 0. The summed E-state index contributed by atoms with van der Waals surface area (Å²) in [5.74, 6) is 0.430. The van der Waals surface area contributed by atoms with Crippen LogP contribution in [0.1, 0.15) is 44.5 Å². The minimum Gasteiger partial charge on any atom is -0.457 e. The molecule has 0 unspecified atom stereocenters. The first kappa shape index (κ1) is 20.7. The number of para-hydroxylation sites is 1. The van der Waals surface area contributed by atoms with Crippen LogP contribution in [0.3, 0.4) is 0 Å². The Balaban J connectivity index is 1.31. The van der Waals surface area contributed by atoms with Gasteiger partial charge in [-0.05, 0) is 49.4 Å². The zero-order valence-electron chi connectivity index (χ0n) is 18.7. The summed E-state index contributed by atoms with van der Waals surface area (Å²) in [4.78, 5) is 38.9. The fraction of sp³-hybridized carbons (Fsp3) is 0.0345. The standard InChI is InChI=1S/C29H18N2O4/c1-17-24(29(34)31(30-17)19-7-3-2-4-8-19)16-20-12-14-26(35-20)18-11-13-23-25(15-18)28(33)22-10-6-5-9-21(22)27(23)32/h2-16H,1H3/b24-16-. The summed E-state index contributed by atoms with van der Waals surface area (Å²) in [7, 11) is 0. The third-order valence-corrected chi connectivity index (χ3v) is 6.19. The summed E-state index contributed by atoms with van der Waals surface area (Å²) in [6.45, 7) is 1.78. The summed E-state index contributed by atoms with van der Waals surface area (Å²) in [5, 5.41) is 5.76. The lowest BCUT2D eigenvalue weighted by Crippen LogP contribution is -2.21. The topological polar surface area (TPSA) is 80.0 Å². The number of nitrogens with zero attached hydrogens (tertiary/aromatic N) is 2. The van der Waals surface area contributed by atoms with Crippen LogP contribution in [0.2, 0.25) is 0 Å². The van der Waals surface area contributed by atoms with Crippen LogP contribution in [0.15, 0.2) is 100 Å². The van der Waals surface area contributed by atoms with Gasteiger partial charge in [-0.3, -0.25) is 14.4 Å². The van der Waals surface area contributed by atoms with Crippen LogP contribution in [0.5, 0.6) is 0 Å². The van der Waals surface area contributed by atoms with E-state index in [-0.39, 0.29) is 17.5 Å². The maximum atomic E-state index is 13.0. The summed E-state index contributed by atoms with van der Waals surface area (Å²) < 4.78 is 5.99. The molecular formula is C29H18N2O4. The number of hydrogen-bond donors (Lipinski definition) is 0. The number of rotatable bonds is 3. The molecule has 6 nitrogen and oxygen atoms in total. The largest absolute Gasteiger partial charge is 0.457 e. The first-order valence-electron chi connectivity index (χ1n) is 11.1. The number of hydrazone groups is 1. The summed E-state index contributed by atoms with van der Waals surface area (Å²) in [5.41, 5.74) is 3.96. The molecule has 0 bridgehead atoms. The lowest BCUT2D eigenvalue weighted by Gasteiger charge is -2.17. The van der Waals surface area contributed by atoms with Gasteiger partial charge in [-0.1, -0.05) is 48.5 Å². The molecule has 0 radical (unpaired) electrons. The van der Waals surface area contributed by atoms with Crippen molar-refractivity contribution >= 4 is 34.9 Å². The van der Waals surface area contributed by atoms with E-state index in [2.05, 4.69) is 5.10 Å². The second kappa shape index (κ2) is 7.88. The summed E-state index contributed by atoms with van der Waals surface area (Å²) in [6, 6.07) is 24.7. The predicted molar refractivity (Wildman–Crippen MR) is 132 cm³/mol. The predicted octanol–water partition coefficient (Wildman–Crippen LogP) is 5.53. The van der Waals surface area contributed by atoms with E-state index in [0.29, 0.717) is 56.3 Å². The molecule has 3 aromatic carbocycles. The molecule has 4 aromatic rings. The van der Waals surface area contributed by atoms with E-state index in [4.69, 9.17) is 4.42 Å².